The fourth-order valence-corrected chi connectivity index (χ4v) is 1.86. The standard InChI is InChI=1S/C12H12F4N2O/c13-10-4-2-7(5-9(10)12(14,15)16)1-3-8-6-19-11(17)18-8/h2,4-5,8H,1,3,6H2,(H2,17,18). The Hall–Kier alpha value is -1.79. The number of amidine groups is 1. The van der Waals surface area contributed by atoms with Crippen LogP contribution in [0.1, 0.15) is 17.5 Å². The summed E-state index contributed by atoms with van der Waals surface area (Å²) in [6, 6.07) is 2.95. The summed E-state index contributed by atoms with van der Waals surface area (Å²) < 4.78 is 55.6. The van der Waals surface area contributed by atoms with Crippen molar-refractivity contribution in [3.05, 3.63) is 35.1 Å². The number of aryl methyl sites for hydroxylation is 1. The number of alkyl halides is 3. The lowest BCUT2D eigenvalue weighted by molar-refractivity contribution is -0.140. The smallest absolute Gasteiger partial charge is 0.419 e. The summed E-state index contributed by atoms with van der Waals surface area (Å²) >= 11 is 0. The predicted molar refractivity (Wildman–Crippen MR) is 61.1 cm³/mol. The molecule has 0 aromatic heterocycles. The summed E-state index contributed by atoms with van der Waals surface area (Å²) in [6.45, 7) is 0.332. The normalized spacial score (nSPS) is 19.2. The van der Waals surface area contributed by atoms with Crippen molar-refractivity contribution in [1.29, 1.82) is 0 Å². The van der Waals surface area contributed by atoms with Crippen molar-refractivity contribution in [2.75, 3.05) is 6.61 Å². The molecular weight excluding hydrogens is 264 g/mol. The molecule has 1 unspecified atom stereocenters. The van der Waals surface area contributed by atoms with Crippen LogP contribution in [0.4, 0.5) is 17.6 Å². The average molecular weight is 276 g/mol. The van der Waals surface area contributed by atoms with E-state index in [1.165, 1.54) is 6.07 Å². The van der Waals surface area contributed by atoms with Gasteiger partial charge < -0.3 is 10.5 Å². The van der Waals surface area contributed by atoms with Crippen molar-refractivity contribution in [2.24, 2.45) is 10.7 Å². The second kappa shape index (κ2) is 5.07. The minimum Gasteiger partial charge on any atom is -0.463 e. The van der Waals surface area contributed by atoms with Gasteiger partial charge in [0.1, 0.15) is 12.4 Å². The van der Waals surface area contributed by atoms with Gasteiger partial charge in [-0.3, -0.25) is 0 Å². The van der Waals surface area contributed by atoms with E-state index in [1.54, 1.807) is 0 Å². The number of nitrogens with two attached hydrogens (primary N) is 1. The molecule has 0 amide bonds. The second-order valence-electron chi connectivity index (χ2n) is 4.28. The largest absolute Gasteiger partial charge is 0.463 e. The first kappa shape index (κ1) is 13.6. The zero-order valence-electron chi connectivity index (χ0n) is 9.88. The van der Waals surface area contributed by atoms with Crippen molar-refractivity contribution in [3.8, 4) is 0 Å². The molecule has 0 fully saturated rings. The molecule has 19 heavy (non-hydrogen) atoms. The minimum atomic E-state index is -4.68. The summed E-state index contributed by atoms with van der Waals surface area (Å²) in [5.41, 5.74) is 4.50. The van der Waals surface area contributed by atoms with E-state index in [4.69, 9.17) is 10.5 Å². The highest BCUT2D eigenvalue weighted by molar-refractivity contribution is 5.72. The molecule has 1 heterocycles. The first-order chi connectivity index (χ1) is 8.86. The lowest BCUT2D eigenvalue weighted by atomic mass is 10.0. The Bertz CT molecular complexity index is 499. The van der Waals surface area contributed by atoms with Gasteiger partial charge in [-0.2, -0.15) is 13.2 Å². The molecule has 0 spiro atoms. The van der Waals surface area contributed by atoms with Crippen LogP contribution < -0.4 is 5.73 Å². The third-order valence-electron chi connectivity index (χ3n) is 2.84. The van der Waals surface area contributed by atoms with Crippen molar-refractivity contribution in [2.45, 2.75) is 25.1 Å². The Labute approximate surface area is 107 Å². The number of ether oxygens (including phenoxy) is 1. The van der Waals surface area contributed by atoms with E-state index in [-0.39, 0.29) is 12.1 Å². The molecule has 3 nitrogen and oxygen atoms in total. The second-order valence-corrected chi connectivity index (χ2v) is 4.28. The molecule has 1 aliphatic heterocycles. The number of aliphatic imine (C=N–C) groups is 1. The van der Waals surface area contributed by atoms with Gasteiger partial charge in [-0.25, -0.2) is 9.38 Å². The lowest BCUT2D eigenvalue weighted by Gasteiger charge is -2.10. The van der Waals surface area contributed by atoms with E-state index in [9.17, 15) is 17.6 Å². The van der Waals surface area contributed by atoms with E-state index in [2.05, 4.69) is 4.99 Å². The topological polar surface area (TPSA) is 47.6 Å². The number of nitrogens with zero attached hydrogens (tertiary/aromatic N) is 1. The van der Waals surface area contributed by atoms with Gasteiger partial charge in [-0.1, -0.05) is 6.07 Å². The van der Waals surface area contributed by atoms with Crippen LogP contribution in [0.25, 0.3) is 0 Å². The van der Waals surface area contributed by atoms with E-state index < -0.39 is 17.6 Å². The van der Waals surface area contributed by atoms with Gasteiger partial charge in [0.05, 0.1) is 11.6 Å². The summed E-state index contributed by atoms with van der Waals surface area (Å²) in [7, 11) is 0. The zero-order valence-corrected chi connectivity index (χ0v) is 9.88. The van der Waals surface area contributed by atoms with Crippen molar-refractivity contribution in [3.63, 3.8) is 0 Å². The molecule has 0 saturated heterocycles. The quantitative estimate of drug-likeness (QED) is 0.862. The van der Waals surface area contributed by atoms with E-state index in [0.29, 0.717) is 25.0 Å². The van der Waals surface area contributed by atoms with Crippen LogP contribution in [-0.2, 0) is 17.3 Å². The van der Waals surface area contributed by atoms with Crippen molar-refractivity contribution in [1.82, 2.24) is 0 Å². The minimum absolute atomic E-state index is 0.0973. The van der Waals surface area contributed by atoms with Crippen LogP contribution in [0, 0.1) is 5.82 Å². The number of rotatable bonds is 3. The Kier molecular flexibility index (Phi) is 3.64. The van der Waals surface area contributed by atoms with Gasteiger partial charge in [-0.05, 0) is 30.5 Å². The van der Waals surface area contributed by atoms with Gasteiger partial charge in [0, 0.05) is 0 Å². The molecule has 0 bridgehead atoms. The maximum Gasteiger partial charge on any atom is 0.419 e. The molecule has 0 saturated carbocycles. The van der Waals surface area contributed by atoms with Crippen LogP contribution in [-0.4, -0.2) is 18.7 Å². The van der Waals surface area contributed by atoms with Crippen molar-refractivity contribution < 1.29 is 22.3 Å². The van der Waals surface area contributed by atoms with E-state index in [0.717, 1.165) is 12.1 Å². The molecule has 7 heteroatoms. The fourth-order valence-electron chi connectivity index (χ4n) is 1.86. The van der Waals surface area contributed by atoms with Gasteiger partial charge in [0.25, 0.3) is 6.02 Å². The van der Waals surface area contributed by atoms with Crippen molar-refractivity contribution >= 4 is 6.02 Å². The predicted octanol–water partition coefficient (Wildman–Crippen LogP) is 2.49. The number of hydrogen-bond acceptors (Lipinski definition) is 3. The molecule has 1 aromatic carbocycles. The molecule has 1 aliphatic rings. The fraction of sp³-hybridized carbons (Fsp3) is 0.417. The van der Waals surface area contributed by atoms with Gasteiger partial charge in [0.2, 0.25) is 0 Å². The Morgan fingerprint density at radius 1 is 1.37 bits per heavy atom. The number of halogens is 4. The SMILES string of the molecule is NC1=NC(CCc2ccc(F)c(C(F)(F)F)c2)CO1. The van der Waals surface area contributed by atoms with Crippen LogP contribution in [0.5, 0.6) is 0 Å². The summed E-state index contributed by atoms with van der Waals surface area (Å²) in [5.74, 6) is -1.26. The number of benzene rings is 1. The Morgan fingerprint density at radius 3 is 2.68 bits per heavy atom. The molecule has 2 N–H and O–H groups in total. The summed E-state index contributed by atoms with van der Waals surface area (Å²) in [6.07, 6.45) is -3.82. The average Bonchev–Trinajstić information content (AvgIpc) is 2.72. The summed E-state index contributed by atoms with van der Waals surface area (Å²) in [5, 5.41) is 0. The molecule has 104 valence electrons. The highest BCUT2D eigenvalue weighted by Crippen LogP contribution is 2.32. The monoisotopic (exact) mass is 276 g/mol. The lowest BCUT2D eigenvalue weighted by Crippen LogP contribution is -2.11. The molecule has 2 rings (SSSR count). The number of hydrogen-bond donors (Lipinski definition) is 1. The Balaban J connectivity index is 2.05. The van der Waals surface area contributed by atoms with E-state index >= 15 is 0 Å². The maximum absolute atomic E-state index is 13.1. The first-order valence-electron chi connectivity index (χ1n) is 5.68. The van der Waals surface area contributed by atoms with Gasteiger partial charge in [0.15, 0.2) is 0 Å². The maximum atomic E-state index is 13.1. The molecule has 1 atom stereocenters. The van der Waals surface area contributed by atoms with Crippen LogP contribution in [0.2, 0.25) is 0 Å². The molecule has 0 radical (unpaired) electrons. The molecule has 0 aliphatic carbocycles. The third-order valence-corrected chi connectivity index (χ3v) is 2.84. The highest BCUT2D eigenvalue weighted by atomic mass is 19.4. The Morgan fingerprint density at radius 2 is 2.11 bits per heavy atom. The third kappa shape index (κ3) is 3.36. The molecule has 1 aromatic rings. The van der Waals surface area contributed by atoms with Gasteiger partial charge >= 0.3 is 6.18 Å². The molecular formula is C12H12F4N2O. The van der Waals surface area contributed by atoms with Crippen LogP contribution in [0.3, 0.4) is 0 Å². The summed E-state index contributed by atoms with van der Waals surface area (Å²) in [4.78, 5) is 3.97. The van der Waals surface area contributed by atoms with E-state index in [1.807, 2.05) is 0 Å². The highest BCUT2D eigenvalue weighted by Gasteiger charge is 2.34. The van der Waals surface area contributed by atoms with Crippen LogP contribution >= 0.6 is 0 Å². The van der Waals surface area contributed by atoms with Gasteiger partial charge in [-0.15, -0.1) is 0 Å². The first-order valence-corrected chi connectivity index (χ1v) is 5.68. The zero-order chi connectivity index (χ0) is 14.0. The van der Waals surface area contributed by atoms with Crippen LogP contribution in [0.15, 0.2) is 23.2 Å².